The average Bonchev–Trinajstić information content (AvgIpc) is 3.56. The monoisotopic (exact) mass is 825 g/mol. The van der Waals surface area contributed by atoms with E-state index in [1.54, 1.807) is 18.3 Å². The second kappa shape index (κ2) is 13.3. The van der Waals surface area contributed by atoms with Crippen LogP contribution in [0.1, 0.15) is 23.7 Å². The van der Waals surface area contributed by atoms with Crippen molar-refractivity contribution in [3.63, 3.8) is 0 Å². The minimum absolute atomic E-state index is 0. The summed E-state index contributed by atoms with van der Waals surface area (Å²) >= 11 is 0. The SMILES string of the molecule is [2H]C([2H])([2H])c1ccc(-c2[c-]ccc3c2C(F)(F)C([2H])([2H])c2ncccc2-3)nc1.[Ir].[c-]1ccc2c(oc3cc(-c4ccccc4)ccc32)c1-c1ccccn1. The van der Waals surface area contributed by atoms with Crippen molar-refractivity contribution in [1.82, 2.24) is 15.0 Å². The smallest absolute Gasteiger partial charge is 0.247 e. The van der Waals surface area contributed by atoms with E-state index in [-0.39, 0.29) is 53.7 Å². The van der Waals surface area contributed by atoms with Crippen LogP contribution in [0.5, 0.6) is 0 Å². The average molecular weight is 825 g/mol. The van der Waals surface area contributed by atoms with Gasteiger partial charge in [-0.1, -0.05) is 94.9 Å². The fourth-order valence-electron chi connectivity index (χ4n) is 5.98. The predicted molar refractivity (Wildman–Crippen MR) is 185 cm³/mol. The first-order valence-electron chi connectivity index (χ1n) is 17.6. The maximum atomic E-state index is 15.3. The first kappa shape index (κ1) is 26.6. The third-order valence-electron chi connectivity index (χ3n) is 8.17. The zero-order valence-corrected chi connectivity index (χ0v) is 27.9. The molecule has 7 heteroatoms. The van der Waals surface area contributed by atoms with E-state index in [1.165, 1.54) is 36.0 Å². The minimum Gasteiger partial charge on any atom is -0.501 e. The summed E-state index contributed by atoms with van der Waals surface area (Å²) in [5, 5.41) is 2.20. The Morgan fingerprint density at radius 2 is 1.53 bits per heavy atom. The summed E-state index contributed by atoms with van der Waals surface area (Å²) in [4.78, 5) is 12.3. The topological polar surface area (TPSA) is 51.8 Å². The third-order valence-corrected chi connectivity index (χ3v) is 8.17. The van der Waals surface area contributed by atoms with Gasteiger partial charge in [-0.15, -0.1) is 42.0 Å². The number of pyridine rings is 3. The molecule has 0 N–H and O–H groups in total. The summed E-state index contributed by atoms with van der Waals surface area (Å²) in [6.07, 6.45) is 1.15. The van der Waals surface area contributed by atoms with Gasteiger partial charge in [0.2, 0.25) is 5.92 Å². The largest absolute Gasteiger partial charge is 0.501 e. The van der Waals surface area contributed by atoms with Gasteiger partial charge in [0, 0.05) is 50.9 Å². The van der Waals surface area contributed by atoms with Crippen LogP contribution in [0.4, 0.5) is 8.78 Å². The van der Waals surface area contributed by atoms with Gasteiger partial charge in [0.25, 0.3) is 0 Å². The summed E-state index contributed by atoms with van der Waals surface area (Å²) in [7, 11) is 0. The van der Waals surface area contributed by atoms with Crippen molar-refractivity contribution in [1.29, 1.82) is 0 Å². The Bertz CT molecular complexity index is 2620. The zero-order valence-electron chi connectivity index (χ0n) is 30.5. The summed E-state index contributed by atoms with van der Waals surface area (Å²) < 4.78 is 75.2. The molecule has 0 aliphatic heterocycles. The van der Waals surface area contributed by atoms with Crippen molar-refractivity contribution in [3.8, 4) is 44.8 Å². The number of aryl methyl sites for hydroxylation is 1. The quantitative estimate of drug-likeness (QED) is 0.167. The van der Waals surface area contributed by atoms with Gasteiger partial charge in [-0.25, -0.2) is 8.78 Å². The van der Waals surface area contributed by atoms with Gasteiger partial charge in [-0.05, 0) is 58.7 Å². The first-order chi connectivity index (χ1) is 25.4. The number of halogens is 2. The van der Waals surface area contributed by atoms with E-state index >= 15 is 8.78 Å². The van der Waals surface area contributed by atoms with Gasteiger partial charge in [-0.3, -0.25) is 4.98 Å². The Morgan fingerprint density at radius 1 is 0.735 bits per heavy atom. The molecule has 0 fully saturated rings. The molecule has 1 radical (unpaired) electrons. The van der Waals surface area contributed by atoms with Gasteiger partial charge >= 0.3 is 0 Å². The van der Waals surface area contributed by atoms with Gasteiger partial charge in [0.05, 0.1) is 17.6 Å². The molecular weight excluding hydrogens is 793 g/mol. The first-order valence-corrected chi connectivity index (χ1v) is 15.1. The molecule has 0 unspecified atom stereocenters. The molecule has 4 aromatic heterocycles. The molecule has 1 aliphatic carbocycles. The number of aromatic nitrogens is 3. The molecule has 0 amide bonds. The number of rotatable bonds is 3. The predicted octanol–water partition coefficient (Wildman–Crippen LogP) is 10.7. The van der Waals surface area contributed by atoms with Crippen LogP contribution in [-0.2, 0) is 32.4 Å². The van der Waals surface area contributed by atoms with Crippen LogP contribution in [0.25, 0.3) is 66.7 Å². The number of hydrogen-bond donors (Lipinski definition) is 0. The van der Waals surface area contributed by atoms with Gasteiger partial charge in [0.15, 0.2) is 0 Å². The molecule has 9 rings (SSSR count). The number of alkyl halides is 2. The van der Waals surface area contributed by atoms with Gasteiger partial charge in [0.1, 0.15) is 5.58 Å². The fraction of sp³-hybridized carbons (Fsp3) is 0.0714. The fourth-order valence-corrected chi connectivity index (χ4v) is 5.98. The Kier molecular flexibility index (Phi) is 7.20. The van der Waals surface area contributed by atoms with E-state index in [4.69, 9.17) is 11.3 Å². The molecule has 4 nitrogen and oxygen atoms in total. The molecule has 49 heavy (non-hydrogen) atoms. The van der Waals surface area contributed by atoms with Crippen molar-refractivity contribution >= 4 is 21.9 Å². The van der Waals surface area contributed by atoms with Crippen molar-refractivity contribution in [2.75, 3.05) is 0 Å². The summed E-state index contributed by atoms with van der Waals surface area (Å²) in [5.41, 5.74) is 5.40. The minimum atomic E-state index is -3.89. The van der Waals surface area contributed by atoms with E-state index in [1.807, 2.05) is 42.5 Å². The molecule has 8 aromatic rings. The summed E-state index contributed by atoms with van der Waals surface area (Å²) in [6.45, 7) is -2.36. The summed E-state index contributed by atoms with van der Waals surface area (Å²) in [6, 6.07) is 41.2. The van der Waals surface area contributed by atoms with Crippen molar-refractivity contribution in [3.05, 3.63) is 163 Å². The molecule has 0 saturated carbocycles. The Balaban J connectivity index is 0.000000164. The number of nitrogens with zero attached hydrogens (tertiary/aromatic N) is 3. The van der Waals surface area contributed by atoms with E-state index < -0.39 is 24.7 Å². The van der Waals surface area contributed by atoms with Crippen LogP contribution >= 0.6 is 0 Å². The third kappa shape index (κ3) is 6.08. The number of hydrogen-bond acceptors (Lipinski definition) is 4. The van der Waals surface area contributed by atoms with E-state index in [0.717, 1.165) is 45.0 Å². The molecule has 4 heterocycles. The molecule has 0 saturated heterocycles. The zero-order chi connectivity index (χ0) is 37.0. The molecular formula is C42H27F2IrN3O-2. The molecule has 0 bridgehead atoms. The second-order valence-corrected chi connectivity index (χ2v) is 11.2. The second-order valence-electron chi connectivity index (χ2n) is 11.2. The van der Waals surface area contributed by atoms with Crippen molar-refractivity contribution in [2.24, 2.45) is 0 Å². The van der Waals surface area contributed by atoms with Crippen LogP contribution in [0.15, 0.2) is 138 Å². The number of furan rings is 1. The molecule has 4 aromatic carbocycles. The van der Waals surface area contributed by atoms with Crippen LogP contribution in [0.3, 0.4) is 0 Å². The molecule has 0 spiro atoms. The van der Waals surface area contributed by atoms with Gasteiger partial charge < -0.3 is 14.4 Å². The normalized spacial score (nSPS) is 15.5. The molecule has 241 valence electrons. The maximum Gasteiger partial charge on any atom is 0.247 e. The maximum absolute atomic E-state index is 15.3. The van der Waals surface area contributed by atoms with Gasteiger partial charge in [-0.2, -0.15) is 0 Å². The van der Waals surface area contributed by atoms with Crippen molar-refractivity contribution < 1.29 is 40.2 Å². The van der Waals surface area contributed by atoms with E-state index in [0.29, 0.717) is 0 Å². The Hall–Kier alpha value is -5.36. The van der Waals surface area contributed by atoms with Crippen LogP contribution in [0, 0.1) is 19.0 Å². The van der Waals surface area contributed by atoms with E-state index in [2.05, 4.69) is 63.5 Å². The van der Waals surface area contributed by atoms with Crippen LogP contribution in [0.2, 0.25) is 0 Å². The van der Waals surface area contributed by atoms with Crippen molar-refractivity contribution in [2.45, 2.75) is 19.1 Å². The molecule has 0 atom stereocenters. The Labute approximate surface area is 302 Å². The number of fused-ring (bicyclic) bond motifs is 6. The standard InChI is InChI=1S/C23H14NO.C19H13F2N2.Ir/c1-2-7-16(8-3-1)17-12-13-18-19-9-6-10-20(21-11-4-5-14-24-21)23(19)25-22(18)15-17;1-12-7-8-16(23-11-12)15-5-2-4-14-13-6-3-9-22-17(13)10-19(20,21)18(14)15;/h1-9,11-15H;2-4,6-9,11H,10H2,1H3;/q2*-1;/i;1D3,10D2;. The Morgan fingerprint density at radius 3 is 2.33 bits per heavy atom. The van der Waals surface area contributed by atoms with E-state index in [9.17, 15) is 0 Å². The number of benzene rings is 4. The summed E-state index contributed by atoms with van der Waals surface area (Å²) in [5.74, 6) is -3.89. The molecule has 1 aliphatic rings. The van der Waals surface area contributed by atoms with Crippen LogP contribution < -0.4 is 0 Å². The van der Waals surface area contributed by atoms with Crippen LogP contribution in [-0.4, -0.2) is 15.0 Å².